The number of nitro benzene ring substituents is 1. The number of benzene rings is 2. The van der Waals surface area contributed by atoms with E-state index in [1.807, 2.05) is 0 Å². The lowest BCUT2D eigenvalue weighted by Gasteiger charge is -2.19. The van der Waals surface area contributed by atoms with Crippen LogP contribution >= 0.6 is 15.9 Å². The Hall–Kier alpha value is -1.93. The lowest BCUT2D eigenvalue weighted by Crippen LogP contribution is -2.26. The Morgan fingerprint density at radius 3 is 2.43 bits per heavy atom. The summed E-state index contributed by atoms with van der Waals surface area (Å²) in [5, 5.41) is 10.8. The van der Waals surface area contributed by atoms with Gasteiger partial charge in [0.05, 0.1) is 15.5 Å². The van der Waals surface area contributed by atoms with Crippen LogP contribution in [0.15, 0.2) is 57.9 Å². The third kappa shape index (κ3) is 3.22. The van der Waals surface area contributed by atoms with Crippen LogP contribution in [-0.2, 0) is 10.0 Å². The lowest BCUT2D eigenvalue weighted by atomic mass is 10.3. The van der Waals surface area contributed by atoms with Gasteiger partial charge in [-0.25, -0.2) is 8.42 Å². The maximum atomic E-state index is 12.5. The van der Waals surface area contributed by atoms with E-state index in [0.29, 0.717) is 5.69 Å². The van der Waals surface area contributed by atoms with Crippen molar-refractivity contribution >= 4 is 37.3 Å². The van der Waals surface area contributed by atoms with Crippen LogP contribution in [0.1, 0.15) is 0 Å². The quantitative estimate of drug-likeness (QED) is 0.611. The molecule has 0 amide bonds. The Morgan fingerprint density at radius 2 is 1.81 bits per heavy atom. The molecule has 21 heavy (non-hydrogen) atoms. The number of nitrogens with zero attached hydrogens (tertiary/aromatic N) is 2. The van der Waals surface area contributed by atoms with Crippen molar-refractivity contribution in [3.05, 3.63) is 63.1 Å². The van der Waals surface area contributed by atoms with E-state index >= 15 is 0 Å². The minimum Gasteiger partial charge on any atom is -0.269 e. The molecular formula is C13H11BrN2O4S. The van der Waals surface area contributed by atoms with E-state index in [4.69, 9.17) is 0 Å². The molecule has 6 nitrogen and oxygen atoms in total. The number of halogens is 1. The summed E-state index contributed by atoms with van der Waals surface area (Å²) >= 11 is 3.27. The smallest absolute Gasteiger partial charge is 0.269 e. The first-order valence-corrected chi connectivity index (χ1v) is 8.04. The second-order valence-corrected chi connectivity index (χ2v) is 7.09. The largest absolute Gasteiger partial charge is 0.270 e. The number of sulfonamides is 1. The molecule has 0 bridgehead atoms. The van der Waals surface area contributed by atoms with Gasteiger partial charge in [-0.15, -0.1) is 0 Å². The van der Waals surface area contributed by atoms with Crippen molar-refractivity contribution in [3.63, 3.8) is 0 Å². The fraction of sp³-hybridized carbons (Fsp3) is 0.0769. The summed E-state index contributed by atoms with van der Waals surface area (Å²) in [7, 11) is -2.46. The van der Waals surface area contributed by atoms with Gasteiger partial charge in [-0.3, -0.25) is 14.4 Å². The summed E-state index contributed by atoms with van der Waals surface area (Å²) in [6.07, 6.45) is 0. The number of rotatable bonds is 4. The van der Waals surface area contributed by atoms with Crippen LogP contribution in [0, 0.1) is 10.1 Å². The Morgan fingerprint density at radius 1 is 1.14 bits per heavy atom. The van der Waals surface area contributed by atoms with Gasteiger partial charge in [-0.2, -0.15) is 0 Å². The Labute approximate surface area is 130 Å². The molecule has 0 saturated carbocycles. The minimum atomic E-state index is -3.86. The number of nitro groups is 1. The first-order chi connectivity index (χ1) is 9.82. The maximum Gasteiger partial charge on any atom is 0.270 e. The summed E-state index contributed by atoms with van der Waals surface area (Å²) in [5.41, 5.74) is 0.189. The van der Waals surface area contributed by atoms with Gasteiger partial charge in [0.25, 0.3) is 15.7 Å². The van der Waals surface area contributed by atoms with Crippen LogP contribution in [0.25, 0.3) is 0 Å². The molecule has 0 aliphatic carbocycles. The highest BCUT2D eigenvalue weighted by molar-refractivity contribution is 9.10. The van der Waals surface area contributed by atoms with E-state index in [9.17, 15) is 18.5 Å². The van der Waals surface area contributed by atoms with Crippen molar-refractivity contribution in [2.45, 2.75) is 4.90 Å². The van der Waals surface area contributed by atoms with E-state index in [1.54, 1.807) is 24.3 Å². The third-order valence-corrected chi connectivity index (χ3v) is 5.13. The van der Waals surface area contributed by atoms with E-state index in [-0.39, 0.29) is 10.6 Å². The van der Waals surface area contributed by atoms with E-state index in [1.165, 1.54) is 25.2 Å². The molecule has 2 aromatic carbocycles. The van der Waals surface area contributed by atoms with Crippen LogP contribution < -0.4 is 4.31 Å². The first kappa shape index (κ1) is 15.5. The van der Waals surface area contributed by atoms with Crippen LogP contribution in [0.5, 0.6) is 0 Å². The van der Waals surface area contributed by atoms with Gasteiger partial charge >= 0.3 is 0 Å². The highest BCUT2D eigenvalue weighted by atomic mass is 79.9. The van der Waals surface area contributed by atoms with Crippen molar-refractivity contribution in [3.8, 4) is 0 Å². The van der Waals surface area contributed by atoms with Crippen LogP contribution in [0.4, 0.5) is 11.4 Å². The molecule has 0 aliphatic heterocycles. The normalized spacial score (nSPS) is 11.1. The Bertz CT molecular complexity index is 792. The van der Waals surface area contributed by atoms with Gasteiger partial charge in [0.2, 0.25) is 0 Å². The molecule has 0 radical (unpaired) electrons. The molecule has 8 heteroatoms. The van der Waals surface area contributed by atoms with Crippen molar-refractivity contribution in [1.29, 1.82) is 0 Å². The molecule has 0 saturated heterocycles. The predicted molar refractivity (Wildman–Crippen MR) is 82.8 cm³/mol. The molecule has 0 unspecified atom stereocenters. The average molecular weight is 371 g/mol. The molecule has 0 aliphatic rings. The zero-order valence-corrected chi connectivity index (χ0v) is 13.3. The van der Waals surface area contributed by atoms with Crippen LogP contribution in [0.2, 0.25) is 0 Å². The molecular weight excluding hydrogens is 360 g/mol. The zero-order chi connectivity index (χ0) is 15.6. The first-order valence-electron chi connectivity index (χ1n) is 5.81. The topological polar surface area (TPSA) is 80.5 Å². The van der Waals surface area contributed by atoms with E-state index in [0.717, 1.165) is 14.8 Å². The van der Waals surface area contributed by atoms with Gasteiger partial charge in [0.15, 0.2) is 0 Å². The second-order valence-electron chi connectivity index (χ2n) is 4.21. The number of anilines is 1. The third-order valence-electron chi connectivity index (χ3n) is 2.86. The molecule has 2 aromatic rings. The zero-order valence-electron chi connectivity index (χ0n) is 10.9. The molecule has 2 rings (SSSR count). The molecule has 0 aromatic heterocycles. The van der Waals surface area contributed by atoms with Crippen molar-refractivity contribution in [2.24, 2.45) is 0 Å². The van der Waals surface area contributed by atoms with Crippen molar-refractivity contribution in [2.75, 3.05) is 11.4 Å². The molecule has 0 N–H and O–H groups in total. The van der Waals surface area contributed by atoms with Crippen molar-refractivity contribution < 1.29 is 13.3 Å². The SMILES string of the molecule is CN(c1cccc(Br)c1)S(=O)(=O)c1cccc([N+](=O)[O-])c1. The fourth-order valence-electron chi connectivity index (χ4n) is 1.73. The molecule has 0 heterocycles. The van der Waals surface area contributed by atoms with Gasteiger partial charge in [0, 0.05) is 23.7 Å². The summed E-state index contributed by atoms with van der Waals surface area (Å²) < 4.78 is 26.8. The number of hydrogen-bond acceptors (Lipinski definition) is 4. The average Bonchev–Trinajstić information content (AvgIpc) is 2.46. The summed E-state index contributed by atoms with van der Waals surface area (Å²) in [6, 6.07) is 11.7. The Balaban J connectivity index is 2.46. The van der Waals surface area contributed by atoms with Crippen LogP contribution in [-0.4, -0.2) is 20.4 Å². The molecule has 0 fully saturated rings. The monoisotopic (exact) mass is 370 g/mol. The second kappa shape index (κ2) is 5.82. The molecule has 110 valence electrons. The van der Waals surface area contributed by atoms with Crippen molar-refractivity contribution in [1.82, 2.24) is 0 Å². The number of non-ortho nitro benzene ring substituents is 1. The van der Waals surface area contributed by atoms with E-state index < -0.39 is 14.9 Å². The molecule has 0 atom stereocenters. The van der Waals surface area contributed by atoms with E-state index in [2.05, 4.69) is 15.9 Å². The van der Waals surface area contributed by atoms with Gasteiger partial charge in [-0.1, -0.05) is 28.1 Å². The standard InChI is InChI=1S/C13H11BrN2O4S/c1-15(11-5-2-4-10(14)8-11)21(19,20)13-7-3-6-12(9-13)16(17)18/h2-9H,1H3. The maximum absolute atomic E-state index is 12.5. The minimum absolute atomic E-state index is 0.126. The van der Waals surface area contributed by atoms with Crippen LogP contribution in [0.3, 0.4) is 0 Å². The fourth-order valence-corrected chi connectivity index (χ4v) is 3.34. The van der Waals surface area contributed by atoms with Gasteiger partial charge < -0.3 is 0 Å². The highest BCUT2D eigenvalue weighted by Gasteiger charge is 2.23. The summed E-state index contributed by atoms with van der Waals surface area (Å²) in [5.74, 6) is 0. The van der Waals surface area contributed by atoms with Gasteiger partial charge in [0.1, 0.15) is 0 Å². The molecule has 0 spiro atoms. The summed E-state index contributed by atoms with van der Waals surface area (Å²) in [4.78, 5) is 10.0. The summed E-state index contributed by atoms with van der Waals surface area (Å²) in [6.45, 7) is 0. The predicted octanol–water partition coefficient (Wildman–Crippen LogP) is 3.18. The lowest BCUT2D eigenvalue weighted by molar-refractivity contribution is -0.385. The van der Waals surface area contributed by atoms with Gasteiger partial charge in [-0.05, 0) is 24.3 Å². The number of hydrogen-bond donors (Lipinski definition) is 0. The Kier molecular flexibility index (Phi) is 4.29. The highest BCUT2D eigenvalue weighted by Crippen LogP contribution is 2.26.